The van der Waals surface area contributed by atoms with E-state index in [9.17, 15) is 4.79 Å². The molecular formula is C17H19N3O2. The van der Waals surface area contributed by atoms with Crippen molar-refractivity contribution in [1.82, 2.24) is 14.9 Å². The van der Waals surface area contributed by atoms with Crippen molar-refractivity contribution in [3.8, 4) is 0 Å². The van der Waals surface area contributed by atoms with E-state index >= 15 is 0 Å². The highest BCUT2D eigenvalue weighted by atomic mass is 16.4. The molecule has 114 valence electrons. The molecule has 5 nitrogen and oxygen atoms in total. The predicted octanol–water partition coefficient (Wildman–Crippen LogP) is 2.47. The molecule has 2 heterocycles. The Morgan fingerprint density at radius 1 is 1.32 bits per heavy atom. The summed E-state index contributed by atoms with van der Waals surface area (Å²) in [5.41, 5.74) is 2.47. The Hall–Kier alpha value is -2.27. The van der Waals surface area contributed by atoms with Crippen LogP contribution in [0.4, 0.5) is 0 Å². The number of rotatable bonds is 4. The number of hydrogen-bond donors (Lipinski definition) is 1. The lowest BCUT2D eigenvalue weighted by Gasteiger charge is -2.16. The van der Waals surface area contributed by atoms with Gasteiger partial charge in [0, 0.05) is 30.9 Å². The third-order valence-electron chi connectivity index (χ3n) is 4.06. The first kappa shape index (κ1) is 14.7. The van der Waals surface area contributed by atoms with Gasteiger partial charge in [-0.2, -0.15) is 0 Å². The molecule has 3 rings (SSSR count). The zero-order chi connectivity index (χ0) is 15.5. The highest BCUT2D eigenvalue weighted by molar-refractivity contribution is 5.87. The smallest absolute Gasteiger partial charge is 0.335 e. The van der Waals surface area contributed by atoms with E-state index in [0.29, 0.717) is 11.5 Å². The summed E-state index contributed by atoms with van der Waals surface area (Å²) in [6.45, 7) is 4.79. The molecule has 1 aliphatic heterocycles. The van der Waals surface area contributed by atoms with Gasteiger partial charge in [-0.15, -0.1) is 0 Å². The predicted molar refractivity (Wildman–Crippen MR) is 82.8 cm³/mol. The van der Waals surface area contributed by atoms with Gasteiger partial charge in [0.15, 0.2) is 0 Å². The zero-order valence-electron chi connectivity index (χ0n) is 12.6. The molecule has 0 amide bonds. The molecule has 0 radical (unpaired) electrons. The van der Waals surface area contributed by atoms with Gasteiger partial charge in [-0.1, -0.05) is 12.1 Å². The van der Waals surface area contributed by atoms with Gasteiger partial charge in [0.2, 0.25) is 0 Å². The van der Waals surface area contributed by atoms with Gasteiger partial charge in [-0.3, -0.25) is 4.90 Å². The maximum Gasteiger partial charge on any atom is 0.335 e. The summed E-state index contributed by atoms with van der Waals surface area (Å²) in [5, 5.41) is 8.92. The highest BCUT2D eigenvalue weighted by Crippen LogP contribution is 2.25. The first-order valence-electron chi connectivity index (χ1n) is 7.46. The Labute approximate surface area is 129 Å². The fourth-order valence-corrected chi connectivity index (χ4v) is 2.86. The summed E-state index contributed by atoms with van der Waals surface area (Å²) in [6, 6.07) is 9.02. The highest BCUT2D eigenvalue weighted by Gasteiger charge is 2.25. The maximum atomic E-state index is 10.9. The van der Waals surface area contributed by atoms with Crippen LogP contribution in [0.3, 0.4) is 0 Å². The van der Waals surface area contributed by atoms with Gasteiger partial charge in [0.1, 0.15) is 5.82 Å². The minimum atomic E-state index is -0.885. The third-order valence-corrected chi connectivity index (χ3v) is 4.06. The molecule has 0 bridgehead atoms. The number of hydrogen-bond acceptors (Lipinski definition) is 4. The number of carboxylic acids is 1. The van der Waals surface area contributed by atoms with Gasteiger partial charge in [0.25, 0.3) is 0 Å². The Morgan fingerprint density at radius 3 is 2.77 bits per heavy atom. The third kappa shape index (κ3) is 3.31. The molecule has 0 saturated carbocycles. The second-order valence-electron chi connectivity index (χ2n) is 5.78. The van der Waals surface area contributed by atoms with E-state index in [1.54, 1.807) is 12.1 Å². The van der Waals surface area contributed by atoms with Gasteiger partial charge >= 0.3 is 5.97 Å². The number of aromatic carboxylic acids is 1. The average Bonchev–Trinajstić information content (AvgIpc) is 2.96. The van der Waals surface area contributed by atoms with Crippen molar-refractivity contribution in [2.24, 2.45) is 0 Å². The second-order valence-corrected chi connectivity index (χ2v) is 5.78. The van der Waals surface area contributed by atoms with Crippen molar-refractivity contribution in [1.29, 1.82) is 0 Å². The van der Waals surface area contributed by atoms with E-state index in [2.05, 4.69) is 14.9 Å². The maximum absolute atomic E-state index is 10.9. The molecule has 1 aromatic heterocycles. The molecule has 22 heavy (non-hydrogen) atoms. The van der Waals surface area contributed by atoms with Crippen LogP contribution in [0.15, 0.2) is 36.5 Å². The Morgan fingerprint density at radius 2 is 2.09 bits per heavy atom. The fraction of sp³-hybridized carbons (Fsp3) is 0.353. The minimum absolute atomic E-state index is 0.330. The largest absolute Gasteiger partial charge is 0.478 e. The van der Waals surface area contributed by atoms with Crippen LogP contribution in [0.5, 0.6) is 0 Å². The number of carboxylic acid groups (broad SMARTS) is 1. The standard InChI is InChI=1S/C17H19N3O2/c1-12-6-8-18-16(19-12)15-7-9-20(11-15)10-13-2-4-14(5-3-13)17(21)22/h2-6,8,15H,7,9-11H2,1H3,(H,21,22)/t15-/m0/s1. The first-order valence-corrected chi connectivity index (χ1v) is 7.46. The van der Waals surface area contributed by atoms with E-state index in [0.717, 1.165) is 43.1 Å². The molecule has 0 spiro atoms. The van der Waals surface area contributed by atoms with Crippen molar-refractivity contribution in [3.63, 3.8) is 0 Å². The molecule has 1 atom stereocenters. The summed E-state index contributed by atoms with van der Waals surface area (Å²) < 4.78 is 0. The van der Waals surface area contributed by atoms with Crippen LogP contribution in [-0.4, -0.2) is 39.0 Å². The molecule has 1 aromatic carbocycles. The molecular weight excluding hydrogens is 278 g/mol. The molecule has 1 N–H and O–H groups in total. The van der Waals surface area contributed by atoms with Crippen molar-refractivity contribution in [2.45, 2.75) is 25.8 Å². The Bertz CT molecular complexity index is 670. The molecule has 1 fully saturated rings. The quantitative estimate of drug-likeness (QED) is 0.939. The van der Waals surface area contributed by atoms with Crippen molar-refractivity contribution >= 4 is 5.97 Å². The van der Waals surface area contributed by atoms with Crippen molar-refractivity contribution in [3.05, 3.63) is 59.2 Å². The first-order chi connectivity index (χ1) is 10.6. The number of likely N-dealkylation sites (tertiary alicyclic amines) is 1. The van der Waals surface area contributed by atoms with E-state index in [4.69, 9.17) is 5.11 Å². The van der Waals surface area contributed by atoms with E-state index in [1.807, 2.05) is 31.3 Å². The Balaban J connectivity index is 1.62. The summed E-state index contributed by atoms with van der Waals surface area (Å²) in [4.78, 5) is 22.1. The topological polar surface area (TPSA) is 66.3 Å². The number of aromatic nitrogens is 2. The van der Waals surface area contributed by atoms with Crippen molar-refractivity contribution < 1.29 is 9.90 Å². The summed E-state index contributed by atoms with van der Waals surface area (Å²) in [6.07, 6.45) is 2.89. The number of nitrogens with zero attached hydrogens (tertiary/aromatic N) is 3. The van der Waals surface area contributed by atoms with Crippen LogP contribution in [0, 0.1) is 6.92 Å². The monoisotopic (exact) mass is 297 g/mol. The molecule has 2 aromatic rings. The summed E-state index contributed by atoms with van der Waals surface area (Å²) in [7, 11) is 0. The lowest BCUT2D eigenvalue weighted by Crippen LogP contribution is -2.20. The van der Waals surface area contributed by atoms with Crippen LogP contribution in [0.1, 0.15) is 39.8 Å². The van der Waals surface area contributed by atoms with Crippen molar-refractivity contribution in [2.75, 3.05) is 13.1 Å². The van der Waals surface area contributed by atoms with Gasteiger partial charge in [-0.05, 0) is 43.7 Å². The second kappa shape index (κ2) is 6.23. The van der Waals surface area contributed by atoms with Crippen LogP contribution in [0.2, 0.25) is 0 Å². The number of benzene rings is 1. The van der Waals surface area contributed by atoms with E-state index in [-0.39, 0.29) is 0 Å². The SMILES string of the molecule is Cc1ccnc([C@H]2CCN(Cc3ccc(C(=O)O)cc3)C2)n1. The number of carbonyl (C=O) groups is 1. The lowest BCUT2D eigenvalue weighted by atomic mass is 10.1. The average molecular weight is 297 g/mol. The number of aryl methyl sites for hydroxylation is 1. The summed E-state index contributed by atoms with van der Waals surface area (Å²) >= 11 is 0. The fourth-order valence-electron chi connectivity index (χ4n) is 2.86. The molecule has 5 heteroatoms. The minimum Gasteiger partial charge on any atom is -0.478 e. The van der Waals surface area contributed by atoms with Crippen LogP contribution in [-0.2, 0) is 6.54 Å². The molecule has 1 saturated heterocycles. The van der Waals surface area contributed by atoms with Gasteiger partial charge < -0.3 is 5.11 Å². The molecule has 1 aliphatic rings. The van der Waals surface area contributed by atoms with Crippen LogP contribution >= 0.6 is 0 Å². The van der Waals surface area contributed by atoms with Gasteiger partial charge in [-0.25, -0.2) is 14.8 Å². The normalized spacial score (nSPS) is 18.5. The lowest BCUT2D eigenvalue weighted by molar-refractivity contribution is 0.0697. The van der Waals surface area contributed by atoms with Gasteiger partial charge in [0.05, 0.1) is 5.56 Å². The zero-order valence-corrected chi connectivity index (χ0v) is 12.6. The molecule has 0 unspecified atom stereocenters. The van der Waals surface area contributed by atoms with E-state index < -0.39 is 5.97 Å². The van der Waals surface area contributed by atoms with E-state index in [1.165, 1.54) is 0 Å². The Kier molecular flexibility index (Phi) is 4.15. The van der Waals surface area contributed by atoms with Crippen LogP contribution in [0.25, 0.3) is 0 Å². The summed E-state index contributed by atoms with van der Waals surface area (Å²) in [5.74, 6) is 0.436. The molecule has 0 aliphatic carbocycles. The van der Waals surface area contributed by atoms with Crippen LogP contribution < -0.4 is 0 Å².